The Hall–Kier alpha value is -2.65. The smallest absolute Gasteiger partial charge is 0.303 e. The van der Waals surface area contributed by atoms with Gasteiger partial charge in [-0.25, -0.2) is 0 Å². The van der Waals surface area contributed by atoms with Crippen LogP contribution in [0.3, 0.4) is 0 Å². The van der Waals surface area contributed by atoms with E-state index in [1.807, 2.05) is 0 Å². The van der Waals surface area contributed by atoms with Crippen molar-refractivity contribution in [1.29, 1.82) is 0 Å². The lowest BCUT2D eigenvalue weighted by atomic mass is 9.93. The lowest BCUT2D eigenvalue weighted by Gasteiger charge is -2.41. The second-order valence-corrected chi connectivity index (χ2v) is 6.18. The van der Waals surface area contributed by atoms with Gasteiger partial charge in [-0.05, 0) is 0 Å². The second-order valence-electron chi connectivity index (χ2n) is 6.18. The fourth-order valence-corrected chi connectivity index (χ4v) is 3.39. The van der Waals surface area contributed by atoms with Crippen molar-refractivity contribution in [3.63, 3.8) is 0 Å². The van der Waals surface area contributed by atoms with Crippen molar-refractivity contribution < 1.29 is 42.9 Å². The first kappa shape index (κ1) is 19.7. The molecule has 2 saturated heterocycles. The van der Waals surface area contributed by atoms with Crippen LogP contribution >= 0.6 is 0 Å². The van der Waals surface area contributed by atoms with Gasteiger partial charge in [-0.15, -0.1) is 0 Å². The molecule has 0 spiro atoms. The highest BCUT2D eigenvalue weighted by Gasteiger charge is 2.58. The number of rotatable bonds is 4. The van der Waals surface area contributed by atoms with E-state index in [4.69, 9.17) is 18.9 Å². The number of hydrogen-bond donors (Lipinski definition) is 0. The third kappa shape index (κ3) is 4.30. The third-order valence-electron chi connectivity index (χ3n) is 4.08. The Labute approximate surface area is 149 Å². The first-order chi connectivity index (χ1) is 12.1. The van der Waals surface area contributed by atoms with Gasteiger partial charge in [0.15, 0.2) is 18.3 Å². The molecule has 0 aromatic heterocycles. The van der Waals surface area contributed by atoms with Gasteiger partial charge in [0.25, 0.3) is 0 Å². The maximum atomic E-state index is 12.5. The molecule has 0 aromatic carbocycles. The molecular weight excluding hydrogens is 350 g/mol. The summed E-state index contributed by atoms with van der Waals surface area (Å²) in [4.78, 5) is 59.6. The molecule has 0 aromatic rings. The summed E-state index contributed by atoms with van der Waals surface area (Å²) >= 11 is 0. The molecule has 0 bridgehead atoms. The average Bonchev–Trinajstić information content (AvgIpc) is 2.80. The molecule has 1 amide bonds. The first-order valence-corrected chi connectivity index (χ1v) is 8.08. The normalized spacial score (nSPS) is 30.2. The number of amides is 1. The monoisotopic (exact) mass is 371 g/mol. The molecule has 0 saturated carbocycles. The predicted octanol–water partition coefficient (Wildman–Crippen LogP) is -0.672. The highest BCUT2D eigenvalue weighted by molar-refractivity contribution is 5.80. The van der Waals surface area contributed by atoms with E-state index in [9.17, 15) is 24.0 Å². The zero-order valence-electron chi connectivity index (χ0n) is 14.9. The Morgan fingerprint density at radius 2 is 1.19 bits per heavy atom. The van der Waals surface area contributed by atoms with Crippen LogP contribution in [0.5, 0.6) is 0 Å². The molecule has 0 radical (unpaired) electrons. The van der Waals surface area contributed by atoms with Gasteiger partial charge in [0.2, 0.25) is 5.91 Å². The van der Waals surface area contributed by atoms with Gasteiger partial charge in [0.1, 0.15) is 12.1 Å². The summed E-state index contributed by atoms with van der Waals surface area (Å²) in [5.41, 5.74) is 0. The van der Waals surface area contributed by atoms with Crippen LogP contribution in [0.4, 0.5) is 0 Å². The summed E-state index contributed by atoms with van der Waals surface area (Å²) in [5, 5.41) is 0. The van der Waals surface area contributed by atoms with Gasteiger partial charge in [0.05, 0.1) is 13.0 Å². The van der Waals surface area contributed by atoms with Gasteiger partial charge in [-0.3, -0.25) is 24.0 Å². The van der Waals surface area contributed by atoms with E-state index >= 15 is 0 Å². The molecule has 10 heteroatoms. The minimum atomic E-state index is -1.06. The van der Waals surface area contributed by atoms with Gasteiger partial charge >= 0.3 is 23.9 Å². The molecule has 2 aliphatic heterocycles. The maximum Gasteiger partial charge on any atom is 0.303 e. The number of nitrogens with zero attached hydrogens (tertiary/aromatic N) is 1. The molecular formula is C16H21NO9. The number of carbonyl (C=O) groups excluding carboxylic acids is 5. The number of fused-ring (bicyclic) bond motifs is 1. The Morgan fingerprint density at radius 1 is 0.769 bits per heavy atom. The van der Waals surface area contributed by atoms with Crippen molar-refractivity contribution in [2.45, 2.75) is 64.6 Å². The minimum Gasteiger partial charge on any atom is -0.458 e. The highest BCUT2D eigenvalue weighted by atomic mass is 16.6. The standard InChI is InChI=1S/C16H21NO9/c1-7(18)23-11-5-13(22)17-6-12(24-8(2)19)16(26-10(4)21)14(17)15(11)25-9(3)20/h11-12,14-16H,5-6H2,1-4H3/t11?,12?,14?,15?,16-/m1/s1. The van der Waals surface area contributed by atoms with Crippen molar-refractivity contribution in [3.05, 3.63) is 0 Å². The van der Waals surface area contributed by atoms with E-state index in [2.05, 4.69) is 0 Å². The largest absolute Gasteiger partial charge is 0.458 e. The van der Waals surface area contributed by atoms with Crippen LogP contribution in [0, 0.1) is 0 Å². The highest BCUT2D eigenvalue weighted by Crippen LogP contribution is 2.35. The fraction of sp³-hybridized carbons (Fsp3) is 0.688. The van der Waals surface area contributed by atoms with E-state index in [-0.39, 0.29) is 13.0 Å². The average molecular weight is 371 g/mol. The van der Waals surface area contributed by atoms with Crippen LogP contribution in [0.25, 0.3) is 0 Å². The molecule has 2 rings (SSSR count). The predicted molar refractivity (Wildman–Crippen MR) is 82.3 cm³/mol. The lowest BCUT2D eigenvalue weighted by Crippen LogP contribution is -2.60. The summed E-state index contributed by atoms with van der Waals surface area (Å²) < 4.78 is 20.9. The summed E-state index contributed by atoms with van der Waals surface area (Å²) in [6, 6.07) is -0.933. The zero-order chi connectivity index (χ0) is 19.6. The van der Waals surface area contributed by atoms with Crippen LogP contribution < -0.4 is 0 Å². The topological polar surface area (TPSA) is 126 Å². The van der Waals surface area contributed by atoms with E-state index in [0.29, 0.717) is 0 Å². The number of ether oxygens (including phenoxy) is 4. The Morgan fingerprint density at radius 3 is 1.65 bits per heavy atom. The number of piperidine rings is 1. The fourth-order valence-electron chi connectivity index (χ4n) is 3.39. The summed E-state index contributed by atoms with van der Waals surface area (Å²) in [7, 11) is 0. The minimum absolute atomic E-state index is 0.0222. The van der Waals surface area contributed by atoms with Crippen LogP contribution in [0.15, 0.2) is 0 Å². The van der Waals surface area contributed by atoms with Gasteiger partial charge in [-0.2, -0.15) is 0 Å². The van der Waals surface area contributed by atoms with E-state index in [1.165, 1.54) is 32.6 Å². The van der Waals surface area contributed by atoms with Gasteiger partial charge in [0, 0.05) is 27.7 Å². The molecule has 0 N–H and O–H groups in total. The van der Waals surface area contributed by atoms with Crippen molar-refractivity contribution >= 4 is 29.8 Å². The van der Waals surface area contributed by atoms with E-state index < -0.39 is 60.2 Å². The van der Waals surface area contributed by atoms with Crippen LogP contribution in [0.2, 0.25) is 0 Å². The maximum absolute atomic E-state index is 12.5. The SMILES string of the molecule is CC(=O)OC1CC(=O)N2CC(OC(C)=O)[C@@H](OC(C)=O)C2C1OC(C)=O. The molecule has 4 unspecified atom stereocenters. The van der Waals surface area contributed by atoms with Gasteiger partial charge in [-0.1, -0.05) is 0 Å². The summed E-state index contributed by atoms with van der Waals surface area (Å²) in [6.07, 6.45) is -4.26. The molecule has 26 heavy (non-hydrogen) atoms. The Bertz CT molecular complexity index is 631. The van der Waals surface area contributed by atoms with E-state index in [1.54, 1.807) is 0 Å². The first-order valence-electron chi connectivity index (χ1n) is 8.08. The molecule has 2 heterocycles. The number of esters is 4. The van der Waals surface area contributed by atoms with Crippen LogP contribution in [0.1, 0.15) is 34.1 Å². The molecule has 10 nitrogen and oxygen atoms in total. The van der Waals surface area contributed by atoms with Crippen molar-refractivity contribution in [3.8, 4) is 0 Å². The molecule has 2 fully saturated rings. The van der Waals surface area contributed by atoms with E-state index in [0.717, 1.165) is 0 Å². The molecule has 5 atom stereocenters. The Balaban J connectivity index is 2.40. The Kier molecular flexibility index (Phi) is 5.83. The second kappa shape index (κ2) is 7.71. The number of carbonyl (C=O) groups is 5. The number of hydrogen-bond acceptors (Lipinski definition) is 9. The molecule has 0 aliphatic carbocycles. The summed E-state index contributed by atoms with van der Waals surface area (Å²) in [6.45, 7) is 4.68. The quantitative estimate of drug-likeness (QED) is 0.467. The third-order valence-corrected chi connectivity index (χ3v) is 4.08. The van der Waals surface area contributed by atoms with Crippen LogP contribution in [-0.4, -0.2) is 71.7 Å². The summed E-state index contributed by atoms with van der Waals surface area (Å²) in [5.74, 6) is -2.96. The van der Waals surface area contributed by atoms with Crippen molar-refractivity contribution in [1.82, 2.24) is 4.90 Å². The zero-order valence-corrected chi connectivity index (χ0v) is 14.9. The molecule has 2 aliphatic rings. The van der Waals surface area contributed by atoms with Crippen molar-refractivity contribution in [2.24, 2.45) is 0 Å². The van der Waals surface area contributed by atoms with Crippen molar-refractivity contribution in [2.75, 3.05) is 6.54 Å². The molecule has 144 valence electrons. The van der Waals surface area contributed by atoms with Gasteiger partial charge < -0.3 is 23.8 Å². The van der Waals surface area contributed by atoms with Crippen LogP contribution in [-0.2, 0) is 42.9 Å². The lowest BCUT2D eigenvalue weighted by molar-refractivity contribution is -0.189.